The molecule has 6 saturated heterocycles. The molecule has 6 heterocycles. The summed E-state index contributed by atoms with van der Waals surface area (Å²) in [6, 6.07) is 2.64. The normalized spacial score (nSPS) is 44.3. The maximum atomic E-state index is 5.78. The second-order valence-electron chi connectivity index (χ2n) is 17.4. The summed E-state index contributed by atoms with van der Waals surface area (Å²) in [5.74, 6) is 9.44. The summed E-state index contributed by atoms with van der Waals surface area (Å²) in [7, 11) is 0. The van der Waals surface area contributed by atoms with Crippen LogP contribution in [0.3, 0.4) is 0 Å². The molecule has 0 amide bonds. The molecule has 0 spiro atoms. The molecule has 0 aromatic carbocycles. The van der Waals surface area contributed by atoms with Crippen molar-refractivity contribution in [2.45, 2.75) is 169 Å². The average Bonchev–Trinajstić information content (AvgIpc) is 3.82. The van der Waals surface area contributed by atoms with Crippen LogP contribution in [0.5, 0.6) is 0 Å². The summed E-state index contributed by atoms with van der Waals surface area (Å²) in [6.07, 6.45) is 18.5. The lowest BCUT2D eigenvalue weighted by atomic mass is 9.84. The van der Waals surface area contributed by atoms with E-state index in [4.69, 9.17) is 9.47 Å². The predicted octanol–water partition coefficient (Wildman–Crippen LogP) is 8.48. The summed E-state index contributed by atoms with van der Waals surface area (Å²) < 4.78 is 11.3. The van der Waals surface area contributed by atoms with Gasteiger partial charge in [0.1, 0.15) is 0 Å². The van der Waals surface area contributed by atoms with Crippen molar-refractivity contribution in [3.05, 3.63) is 0 Å². The minimum Gasteiger partial charge on any atom is -0.378 e. The summed E-state index contributed by atoms with van der Waals surface area (Å²) in [5, 5.41) is 7.22. The Morgan fingerprint density at radius 1 is 0.500 bits per heavy atom. The number of hydrogen-bond donors (Lipinski definition) is 2. The zero-order valence-corrected chi connectivity index (χ0v) is 29.0. The van der Waals surface area contributed by atoms with Gasteiger partial charge in [-0.1, -0.05) is 55.4 Å². The molecule has 10 unspecified atom stereocenters. The molecule has 8 aliphatic rings. The molecule has 4 heteroatoms. The van der Waals surface area contributed by atoms with Gasteiger partial charge >= 0.3 is 0 Å². The third-order valence-electron chi connectivity index (χ3n) is 13.1. The SMILES string of the molecule is CC(C)C1CC2CC1CN2.CC(C)C1CC2CC1CO2.CC(C)C1CC2CCC(C1)N2.CC(C)C1CC2CCC(C1)O2. The first-order chi connectivity index (χ1) is 20.0. The van der Waals surface area contributed by atoms with Gasteiger partial charge in [-0.05, 0) is 143 Å². The van der Waals surface area contributed by atoms with Crippen LogP contribution in [0.1, 0.15) is 132 Å². The smallest absolute Gasteiger partial charge is 0.0582 e. The number of fused-ring (bicyclic) bond motifs is 8. The van der Waals surface area contributed by atoms with Crippen LogP contribution < -0.4 is 10.6 Å². The van der Waals surface area contributed by atoms with Crippen molar-refractivity contribution in [3.8, 4) is 0 Å². The van der Waals surface area contributed by atoms with E-state index in [1.807, 2.05) is 0 Å². The quantitative estimate of drug-likeness (QED) is 0.347. The highest BCUT2D eigenvalue weighted by atomic mass is 16.5. The summed E-state index contributed by atoms with van der Waals surface area (Å²) in [5.41, 5.74) is 0. The molecule has 2 saturated carbocycles. The average molecular weight is 587 g/mol. The van der Waals surface area contributed by atoms with Gasteiger partial charge in [0.15, 0.2) is 0 Å². The van der Waals surface area contributed by atoms with Crippen LogP contribution in [0, 0.1) is 59.2 Å². The Hall–Kier alpha value is -0.160. The van der Waals surface area contributed by atoms with E-state index in [1.165, 1.54) is 83.6 Å². The fourth-order valence-electron chi connectivity index (χ4n) is 10.3. The molecule has 0 radical (unpaired) electrons. The molecule has 8 rings (SSSR count). The Morgan fingerprint density at radius 3 is 1.45 bits per heavy atom. The van der Waals surface area contributed by atoms with Crippen LogP contribution in [0.2, 0.25) is 0 Å². The highest BCUT2D eigenvalue weighted by Gasteiger charge is 2.42. The number of ether oxygens (including phenoxy) is 2. The van der Waals surface area contributed by atoms with Gasteiger partial charge in [0, 0.05) is 18.1 Å². The Labute approximate surface area is 261 Å². The first-order valence-corrected chi connectivity index (χ1v) is 18.8. The maximum Gasteiger partial charge on any atom is 0.0582 e. The molecule has 6 aliphatic heterocycles. The fourth-order valence-corrected chi connectivity index (χ4v) is 10.3. The molecular weight excluding hydrogens is 516 g/mol. The highest BCUT2D eigenvalue weighted by Crippen LogP contribution is 2.44. The molecule has 10 atom stereocenters. The van der Waals surface area contributed by atoms with Crippen LogP contribution in [0.4, 0.5) is 0 Å². The van der Waals surface area contributed by atoms with E-state index in [-0.39, 0.29) is 0 Å². The number of hydrogen-bond acceptors (Lipinski definition) is 4. The van der Waals surface area contributed by atoms with Gasteiger partial charge in [0.05, 0.1) is 24.9 Å². The zero-order chi connectivity index (χ0) is 30.0. The maximum absolute atomic E-state index is 5.78. The van der Waals surface area contributed by atoms with Gasteiger partial charge < -0.3 is 20.1 Å². The van der Waals surface area contributed by atoms with Gasteiger partial charge in [0.25, 0.3) is 0 Å². The summed E-state index contributed by atoms with van der Waals surface area (Å²) in [6.45, 7) is 21.2. The topological polar surface area (TPSA) is 42.5 Å². The summed E-state index contributed by atoms with van der Waals surface area (Å²) >= 11 is 0. The molecule has 42 heavy (non-hydrogen) atoms. The largest absolute Gasteiger partial charge is 0.378 e. The van der Waals surface area contributed by atoms with Gasteiger partial charge in [-0.2, -0.15) is 0 Å². The molecule has 0 aromatic heterocycles. The van der Waals surface area contributed by atoms with Crippen molar-refractivity contribution >= 4 is 0 Å². The molecule has 4 nitrogen and oxygen atoms in total. The van der Waals surface area contributed by atoms with Gasteiger partial charge in [0.2, 0.25) is 0 Å². The van der Waals surface area contributed by atoms with Crippen molar-refractivity contribution in [2.75, 3.05) is 13.2 Å². The Kier molecular flexibility index (Phi) is 11.8. The van der Waals surface area contributed by atoms with E-state index in [0.717, 1.165) is 83.9 Å². The fraction of sp³-hybridized carbons (Fsp3) is 1.00. The van der Waals surface area contributed by atoms with Crippen LogP contribution in [0.15, 0.2) is 0 Å². The van der Waals surface area contributed by atoms with E-state index in [9.17, 15) is 0 Å². The minimum atomic E-state index is 0.626. The molecule has 8 bridgehead atoms. The lowest BCUT2D eigenvalue weighted by molar-refractivity contribution is -0.0290. The third kappa shape index (κ3) is 8.55. The number of piperidine rings is 2. The minimum absolute atomic E-state index is 0.626. The third-order valence-corrected chi connectivity index (χ3v) is 13.1. The van der Waals surface area contributed by atoms with Crippen LogP contribution in [0.25, 0.3) is 0 Å². The van der Waals surface area contributed by atoms with Gasteiger partial charge in [-0.3, -0.25) is 0 Å². The number of nitrogens with one attached hydrogen (secondary N) is 2. The van der Waals surface area contributed by atoms with Gasteiger partial charge in [-0.15, -0.1) is 0 Å². The molecule has 244 valence electrons. The molecule has 8 fully saturated rings. The van der Waals surface area contributed by atoms with Crippen LogP contribution in [-0.4, -0.2) is 49.6 Å². The zero-order valence-electron chi connectivity index (χ0n) is 29.0. The lowest BCUT2D eigenvalue weighted by Gasteiger charge is -2.31. The Bertz CT molecular complexity index is 723. The lowest BCUT2D eigenvalue weighted by Crippen LogP contribution is -2.39. The van der Waals surface area contributed by atoms with E-state index >= 15 is 0 Å². The first-order valence-electron chi connectivity index (χ1n) is 18.8. The molecule has 0 aromatic rings. The van der Waals surface area contributed by atoms with Crippen molar-refractivity contribution in [3.63, 3.8) is 0 Å². The Balaban J connectivity index is 0.000000112. The second-order valence-corrected chi connectivity index (χ2v) is 17.4. The van der Waals surface area contributed by atoms with Crippen molar-refractivity contribution < 1.29 is 9.47 Å². The van der Waals surface area contributed by atoms with E-state index in [2.05, 4.69) is 66.0 Å². The first kappa shape index (κ1) is 33.2. The number of rotatable bonds is 4. The van der Waals surface area contributed by atoms with E-state index in [0.29, 0.717) is 18.3 Å². The van der Waals surface area contributed by atoms with Crippen LogP contribution in [-0.2, 0) is 9.47 Å². The van der Waals surface area contributed by atoms with Crippen molar-refractivity contribution in [1.29, 1.82) is 0 Å². The Morgan fingerprint density at radius 2 is 1.07 bits per heavy atom. The predicted molar refractivity (Wildman–Crippen MR) is 177 cm³/mol. The van der Waals surface area contributed by atoms with E-state index in [1.54, 1.807) is 0 Å². The van der Waals surface area contributed by atoms with E-state index < -0.39 is 0 Å². The standard InChI is InChI=1S/C10H19N.C10H18O.C9H17N.C9H16O/c2*1-7(2)8-5-9-3-4-10(6-8)11-9;2*1-6(2)9-4-8-3-7(9)5-10-8/h7-11H,3-6H2,1-2H3;7-10H,3-6H2,1-2H3;6-10H,3-5H2,1-2H3;6-9H,3-5H2,1-2H3. The second kappa shape index (κ2) is 15.0. The molecule has 2 N–H and O–H groups in total. The van der Waals surface area contributed by atoms with Gasteiger partial charge in [-0.25, -0.2) is 0 Å². The van der Waals surface area contributed by atoms with Crippen molar-refractivity contribution in [1.82, 2.24) is 10.6 Å². The highest BCUT2D eigenvalue weighted by molar-refractivity contribution is 4.96. The summed E-state index contributed by atoms with van der Waals surface area (Å²) in [4.78, 5) is 0. The monoisotopic (exact) mass is 587 g/mol. The van der Waals surface area contributed by atoms with Crippen LogP contribution >= 0.6 is 0 Å². The molecular formula is C38H70N2O2. The van der Waals surface area contributed by atoms with Crippen molar-refractivity contribution in [2.24, 2.45) is 59.2 Å². The molecule has 2 aliphatic carbocycles.